The molecular formula is C12H24N2. The molecule has 0 spiro atoms. The highest BCUT2D eigenvalue weighted by molar-refractivity contribution is 4.83. The van der Waals surface area contributed by atoms with Crippen LogP contribution in [-0.4, -0.2) is 37.1 Å². The van der Waals surface area contributed by atoms with Crippen molar-refractivity contribution in [3.05, 3.63) is 0 Å². The molecule has 0 bridgehead atoms. The third kappa shape index (κ3) is 2.48. The van der Waals surface area contributed by atoms with Crippen molar-refractivity contribution in [2.45, 2.75) is 39.2 Å². The molecule has 2 heterocycles. The molecule has 0 aliphatic carbocycles. The van der Waals surface area contributed by atoms with Gasteiger partial charge >= 0.3 is 0 Å². The number of hydrogen-bond acceptors (Lipinski definition) is 2. The molecule has 1 unspecified atom stereocenters. The molecule has 0 aromatic carbocycles. The molecule has 1 N–H and O–H groups in total. The molecule has 0 saturated carbocycles. The van der Waals surface area contributed by atoms with Crippen molar-refractivity contribution in [1.29, 1.82) is 0 Å². The summed E-state index contributed by atoms with van der Waals surface area (Å²) in [5.74, 6) is 1.83. The predicted molar refractivity (Wildman–Crippen MR) is 60.4 cm³/mol. The Bertz CT molecular complexity index is 173. The lowest BCUT2D eigenvalue weighted by molar-refractivity contribution is 0.278. The lowest BCUT2D eigenvalue weighted by atomic mass is 9.95. The van der Waals surface area contributed by atoms with E-state index in [9.17, 15) is 0 Å². The van der Waals surface area contributed by atoms with E-state index in [0.29, 0.717) is 0 Å². The first kappa shape index (κ1) is 10.4. The summed E-state index contributed by atoms with van der Waals surface area (Å²) >= 11 is 0. The fraction of sp³-hybridized carbons (Fsp3) is 1.00. The van der Waals surface area contributed by atoms with Crippen LogP contribution in [-0.2, 0) is 0 Å². The van der Waals surface area contributed by atoms with Crippen LogP contribution in [0.25, 0.3) is 0 Å². The Kier molecular flexibility index (Phi) is 3.45. The molecule has 0 aromatic heterocycles. The molecule has 2 heteroatoms. The van der Waals surface area contributed by atoms with Gasteiger partial charge in [0, 0.05) is 19.1 Å². The van der Waals surface area contributed by atoms with Gasteiger partial charge in [-0.1, -0.05) is 13.8 Å². The second-order valence-electron chi connectivity index (χ2n) is 5.35. The minimum Gasteiger partial charge on any atom is -0.313 e. The number of rotatable bonds is 3. The van der Waals surface area contributed by atoms with Gasteiger partial charge in [0.2, 0.25) is 0 Å². The van der Waals surface area contributed by atoms with Crippen LogP contribution in [0.2, 0.25) is 0 Å². The van der Waals surface area contributed by atoms with Gasteiger partial charge in [0.05, 0.1) is 0 Å². The van der Waals surface area contributed by atoms with Gasteiger partial charge in [-0.3, -0.25) is 0 Å². The number of nitrogens with zero attached hydrogens (tertiary/aromatic N) is 1. The average Bonchev–Trinajstić information content (AvgIpc) is 2.75. The molecule has 2 atom stereocenters. The van der Waals surface area contributed by atoms with Crippen molar-refractivity contribution in [2.24, 2.45) is 11.8 Å². The van der Waals surface area contributed by atoms with Gasteiger partial charge in [-0.15, -0.1) is 0 Å². The Morgan fingerprint density at radius 3 is 2.79 bits per heavy atom. The Balaban J connectivity index is 1.72. The minimum absolute atomic E-state index is 0.793. The molecule has 0 amide bonds. The van der Waals surface area contributed by atoms with Crippen LogP contribution in [0.4, 0.5) is 0 Å². The zero-order valence-electron chi connectivity index (χ0n) is 9.63. The van der Waals surface area contributed by atoms with Gasteiger partial charge in [0.15, 0.2) is 0 Å². The van der Waals surface area contributed by atoms with Crippen molar-refractivity contribution in [2.75, 3.05) is 26.2 Å². The Hall–Kier alpha value is -0.0800. The number of hydrogen-bond donors (Lipinski definition) is 1. The van der Waals surface area contributed by atoms with Crippen molar-refractivity contribution in [1.82, 2.24) is 10.2 Å². The van der Waals surface area contributed by atoms with Crippen LogP contribution in [0.15, 0.2) is 0 Å². The highest BCUT2D eigenvalue weighted by Gasteiger charge is 2.27. The second kappa shape index (κ2) is 4.63. The third-order valence-corrected chi connectivity index (χ3v) is 3.89. The number of likely N-dealkylation sites (tertiary alicyclic amines) is 1. The summed E-state index contributed by atoms with van der Waals surface area (Å²) in [5, 5.41) is 3.59. The fourth-order valence-corrected chi connectivity index (χ4v) is 2.80. The van der Waals surface area contributed by atoms with E-state index in [1.165, 1.54) is 45.4 Å². The molecule has 2 aliphatic rings. The van der Waals surface area contributed by atoms with Crippen LogP contribution in [0.1, 0.15) is 33.1 Å². The van der Waals surface area contributed by atoms with Crippen LogP contribution in [0.3, 0.4) is 0 Å². The zero-order valence-corrected chi connectivity index (χ0v) is 9.63. The van der Waals surface area contributed by atoms with E-state index in [-0.39, 0.29) is 0 Å². The van der Waals surface area contributed by atoms with E-state index < -0.39 is 0 Å². The summed E-state index contributed by atoms with van der Waals surface area (Å²) in [4.78, 5) is 2.66. The highest BCUT2D eigenvalue weighted by Crippen LogP contribution is 2.24. The molecule has 14 heavy (non-hydrogen) atoms. The Morgan fingerprint density at radius 1 is 1.36 bits per heavy atom. The monoisotopic (exact) mass is 196 g/mol. The van der Waals surface area contributed by atoms with E-state index in [0.717, 1.165) is 17.9 Å². The first-order valence-corrected chi connectivity index (χ1v) is 6.21. The SMILES string of the molecule is CC(C)C1CCN(C[C@@H]2CCCN2)C1. The van der Waals surface area contributed by atoms with Crippen molar-refractivity contribution >= 4 is 0 Å². The van der Waals surface area contributed by atoms with Crippen molar-refractivity contribution in [3.63, 3.8) is 0 Å². The highest BCUT2D eigenvalue weighted by atomic mass is 15.2. The van der Waals surface area contributed by atoms with E-state index >= 15 is 0 Å². The summed E-state index contributed by atoms with van der Waals surface area (Å²) < 4.78 is 0. The first-order chi connectivity index (χ1) is 6.75. The van der Waals surface area contributed by atoms with E-state index in [4.69, 9.17) is 0 Å². The topological polar surface area (TPSA) is 15.3 Å². The summed E-state index contributed by atoms with van der Waals surface area (Å²) in [6.45, 7) is 9.94. The van der Waals surface area contributed by atoms with Gasteiger partial charge in [-0.2, -0.15) is 0 Å². The summed E-state index contributed by atoms with van der Waals surface area (Å²) in [7, 11) is 0. The quantitative estimate of drug-likeness (QED) is 0.739. The lowest BCUT2D eigenvalue weighted by Crippen LogP contribution is -2.36. The maximum Gasteiger partial charge on any atom is 0.0195 e. The summed E-state index contributed by atoms with van der Waals surface area (Å²) in [6.07, 6.45) is 4.19. The zero-order chi connectivity index (χ0) is 9.97. The molecule has 2 saturated heterocycles. The predicted octanol–water partition coefficient (Wildman–Crippen LogP) is 1.72. The van der Waals surface area contributed by atoms with Crippen molar-refractivity contribution in [3.8, 4) is 0 Å². The normalized spacial score (nSPS) is 34.5. The maximum atomic E-state index is 3.59. The molecule has 82 valence electrons. The molecule has 0 aromatic rings. The lowest BCUT2D eigenvalue weighted by Gasteiger charge is -2.21. The largest absolute Gasteiger partial charge is 0.313 e. The third-order valence-electron chi connectivity index (χ3n) is 3.89. The Morgan fingerprint density at radius 2 is 2.21 bits per heavy atom. The smallest absolute Gasteiger partial charge is 0.0195 e. The van der Waals surface area contributed by atoms with Crippen molar-refractivity contribution < 1.29 is 0 Å². The van der Waals surface area contributed by atoms with Gasteiger partial charge in [-0.05, 0) is 44.2 Å². The first-order valence-electron chi connectivity index (χ1n) is 6.21. The van der Waals surface area contributed by atoms with Gasteiger partial charge in [-0.25, -0.2) is 0 Å². The van der Waals surface area contributed by atoms with E-state index in [1.54, 1.807) is 0 Å². The van der Waals surface area contributed by atoms with Crippen LogP contribution in [0, 0.1) is 11.8 Å². The molecule has 2 aliphatic heterocycles. The summed E-state index contributed by atoms with van der Waals surface area (Å²) in [5.41, 5.74) is 0. The molecule has 2 rings (SSSR count). The van der Waals surface area contributed by atoms with E-state index in [2.05, 4.69) is 24.1 Å². The summed E-state index contributed by atoms with van der Waals surface area (Å²) in [6, 6.07) is 0.793. The standard InChI is InChI=1S/C12H24N2/c1-10(2)11-5-7-14(8-11)9-12-4-3-6-13-12/h10-13H,3-9H2,1-2H3/t11?,12-/m0/s1. The van der Waals surface area contributed by atoms with Gasteiger partial charge in [0.25, 0.3) is 0 Å². The van der Waals surface area contributed by atoms with E-state index in [1.807, 2.05) is 0 Å². The van der Waals surface area contributed by atoms with Gasteiger partial charge < -0.3 is 10.2 Å². The Labute approximate surface area is 88.1 Å². The van der Waals surface area contributed by atoms with Gasteiger partial charge in [0.1, 0.15) is 0 Å². The fourth-order valence-electron chi connectivity index (χ4n) is 2.80. The van der Waals surface area contributed by atoms with Crippen LogP contribution < -0.4 is 5.32 Å². The van der Waals surface area contributed by atoms with Crippen LogP contribution in [0.5, 0.6) is 0 Å². The molecular weight excluding hydrogens is 172 g/mol. The second-order valence-corrected chi connectivity index (χ2v) is 5.35. The van der Waals surface area contributed by atoms with Crippen LogP contribution >= 0.6 is 0 Å². The minimum atomic E-state index is 0.793. The molecule has 2 fully saturated rings. The molecule has 2 nitrogen and oxygen atoms in total. The maximum absolute atomic E-state index is 3.59. The molecule has 0 radical (unpaired) electrons. The number of nitrogens with one attached hydrogen (secondary N) is 1. The average molecular weight is 196 g/mol.